The topological polar surface area (TPSA) is 26.3 Å². The molecule has 2 nitrogen and oxygen atoms in total. The maximum absolute atomic E-state index is 11.0. The van der Waals surface area contributed by atoms with Gasteiger partial charge in [-0.15, -0.1) is 12.5 Å². The molecule has 0 radical (unpaired) electrons. The van der Waals surface area contributed by atoms with Gasteiger partial charge in [0.25, 0.3) is 0 Å². The Kier molecular flexibility index (Phi) is 5.40. The van der Waals surface area contributed by atoms with Gasteiger partial charge in [-0.05, 0) is 20.3 Å². The Bertz CT molecular complexity index is 280. The zero-order chi connectivity index (χ0) is 11.0. The van der Waals surface area contributed by atoms with E-state index >= 15 is 0 Å². The highest BCUT2D eigenvalue weighted by Gasteiger charge is 2.24. The van der Waals surface area contributed by atoms with Crippen LogP contribution in [0.5, 0.6) is 0 Å². The second-order valence-corrected chi connectivity index (χ2v) is 3.06. The number of ether oxygens (including phenoxy) is 1. The lowest BCUT2D eigenvalue weighted by Gasteiger charge is -2.22. The number of esters is 1. The van der Waals surface area contributed by atoms with Crippen molar-refractivity contribution in [3.05, 3.63) is 25.3 Å². The molecular formula is C12H16O2. The Balaban J connectivity index is 4.50. The molecule has 2 heteroatoms. The molecule has 1 atom stereocenters. The molecule has 0 spiro atoms. The third-order valence-electron chi connectivity index (χ3n) is 1.71. The molecule has 0 N–H and O–H groups in total. The number of allylic oxidation sites excluding steroid dienone is 1. The van der Waals surface area contributed by atoms with E-state index in [1.807, 2.05) is 0 Å². The summed E-state index contributed by atoms with van der Waals surface area (Å²) in [5, 5.41) is 0. The van der Waals surface area contributed by atoms with Crippen molar-refractivity contribution >= 4 is 5.97 Å². The predicted molar refractivity (Wildman–Crippen MR) is 57.6 cm³/mol. The minimum atomic E-state index is -0.728. The van der Waals surface area contributed by atoms with Crippen LogP contribution in [0, 0.1) is 11.8 Å². The number of hydrogen-bond donors (Lipinski definition) is 0. The summed E-state index contributed by atoms with van der Waals surface area (Å²) in [7, 11) is 0. The minimum Gasteiger partial charge on any atom is -0.443 e. The van der Waals surface area contributed by atoms with Gasteiger partial charge in [-0.1, -0.05) is 18.6 Å². The SMILES string of the molecule is C=CCCC(C)(C#CC)OC(=O)C=C. The number of hydrogen-bond acceptors (Lipinski definition) is 2. The molecule has 0 saturated heterocycles. The Labute approximate surface area is 85.6 Å². The summed E-state index contributed by atoms with van der Waals surface area (Å²) in [6.07, 6.45) is 4.33. The molecule has 0 aromatic heterocycles. The fourth-order valence-electron chi connectivity index (χ4n) is 1.04. The molecule has 0 saturated carbocycles. The molecule has 1 unspecified atom stereocenters. The summed E-state index contributed by atoms with van der Waals surface area (Å²) in [4.78, 5) is 11.0. The van der Waals surface area contributed by atoms with Crippen LogP contribution in [0.3, 0.4) is 0 Å². The fraction of sp³-hybridized carbons (Fsp3) is 0.417. The van der Waals surface area contributed by atoms with Crippen LogP contribution < -0.4 is 0 Å². The van der Waals surface area contributed by atoms with Crippen LogP contribution in [0.15, 0.2) is 25.3 Å². The van der Waals surface area contributed by atoms with Gasteiger partial charge in [-0.3, -0.25) is 0 Å². The van der Waals surface area contributed by atoms with E-state index < -0.39 is 11.6 Å². The maximum atomic E-state index is 11.0. The van der Waals surface area contributed by atoms with Crippen molar-refractivity contribution in [2.75, 3.05) is 0 Å². The van der Waals surface area contributed by atoms with Gasteiger partial charge in [0.2, 0.25) is 0 Å². The Morgan fingerprint density at radius 3 is 2.64 bits per heavy atom. The van der Waals surface area contributed by atoms with Gasteiger partial charge < -0.3 is 4.74 Å². The number of carbonyl (C=O) groups is 1. The monoisotopic (exact) mass is 192 g/mol. The molecule has 0 bridgehead atoms. The van der Waals surface area contributed by atoms with Crippen molar-refractivity contribution < 1.29 is 9.53 Å². The quantitative estimate of drug-likeness (QED) is 0.289. The van der Waals surface area contributed by atoms with Gasteiger partial charge in [0.05, 0.1) is 0 Å². The van der Waals surface area contributed by atoms with Crippen LogP contribution in [0.2, 0.25) is 0 Å². The molecule has 76 valence electrons. The normalized spacial score (nSPS) is 13.0. The summed E-state index contributed by atoms with van der Waals surface area (Å²) >= 11 is 0. The molecular weight excluding hydrogens is 176 g/mol. The van der Waals surface area contributed by atoms with Gasteiger partial charge in [0.15, 0.2) is 5.60 Å². The molecule has 0 aromatic carbocycles. The Morgan fingerprint density at radius 1 is 1.57 bits per heavy atom. The summed E-state index contributed by atoms with van der Waals surface area (Å²) in [6, 6.07) is 0. The van der Waals surface area contributed by atoms with Gasteiger partial charge in [0.1, 0.15) is 0 Å². The van der Waals surface area contributed by atoms with Crippen molar-refractivity contribution in [1.82, 2.24) is 0 Å². The first-order chi connectivity index (χ1) is 6.58. The first-order valence-corrected chi connectivity index (χ1v) is 4.48. The second-order valence-electron chi connectivity index (χ2n) is 3.06. The van der Waals surface area contributed by atoms with Crippen molar-refractivity contribution in [2.45, 2.75) is 32.3 Å². The number of carbonyl (C=O) groups excluding carboxylic acids is 1. The van der Waals surface area contributed by atoms with E-state index in [1.165, 1.54) is 0 Å². The van der Waals surface area contributed by atoms with E-state index in [0.29, 0.717) is 6.42 Å². The van der Waals surface area contributed by atoms with Crippen molar-refractivity contribution in [1.29, 1.82) is 0 Å². The first-order valence-electron chi connectivity index (χ1n) is 4.48. The molecule has 0 aliphatic rings. The molecule has 0 heterocycles. The zero-order valence-electron chi connectivity index (χ0n) is 8.80. The lowest BCUT2D eigenvalue weighted by molar-refractivity contribution is -0.147. The average molecular weight is 192 g/mol. The Morgan fingerprint density at radius 2 is 2.21 bits per heavy atom. The highest BCUT2D eigenvalue weighted by Crippen LogP contribution is 2.17. The summed E-state index contributed by atoms with van der Waals surface area (Å²) < 4.78 is 5.15. The maximum Gasteiger partial charge on any atom is 0.331 e. The van der Waals surface area contributed by atoms with Crippen LogP contribution in [0.25, 0.3) is 0 Å². The van der Waals surface area contributed by atoms with Crippen LogP contribution in [0.4, 0.5) is 0 Å². The lowest BCUT2D eigenvalue weighted by atomic mass is 10.0. The molecule has 0 aliphatic heterocycles. The van der Waals surface area contributed by atoms with Crippen LogP contribution in [0.1, 0.15) is 26.7 Å². The first kappa shape index (κ1) is 12.5. The highest BCUT2D eigenvalue weighted by atomic mass is 16.6. The highest BCUT2D eigenvalue weighted by molar-refractivity contribution is 5.81. The summed E-state index contributed by atoms with van der Waals surface area (Å²) in [6.45, 7) is 10.5. The summed E-state index contributed by atoms with van der Waals surface area (Å²) in [5.74, 6) is 5.18. The third-order valence-corrected chi connectivity index (χ3v) is 1.71. The van der Waals surface area contributed by atoms with E-state index in [-0.39, 0.29) is 0 Å². The van der Waals surface area contributed by atoms with E-state index in [1.54, 1.807) is 19.9 Å². The molecule has 14 heavy (non-hydrogen) atoms. The number of rotatable bonds is 5. The van der Waals surface area contributed by atoms with Gasteiger partial charge >= 0.3 is 5.97 Å². The molecule has 0 fully saturated rings. The molecule has 0 aliphatic carbocycles. The molecule has 0 amide bonds. The van der Waals surface area contributed by atoms with Crippen LogP contribution >= 0.6 is 0 Å². The van der Waals surface area contributed by atoms with Crippen LogP contribution in [-0.2, 0) is 9.53 Å². The third kappa shape index (κ3) is 4.51. The smallest absolute Gasteiger partial charge is 0.331 e. The van der Waals surface area contributed by atoms with Crippen LogP contribution in [-0.4, -0.2) is 11.6 Å². The van der Waals surface area contributed by atoms with Gasteiger partial charge in [-0.2, -0.15) is 0 Å². The molecule has 0 rings (SSSR count). The lowest BCUT2D eigenvalue weighted by Crippen LogP contribution is -2.29. The average Bonchev–Trinajstić information content (AvgIpc) is 2.15. The van der Waals surface area contributed by atoms with Crippen molar-refractivity contribution in [3.8, 4) is 11.8 Å². The van der Waals surface area contributed by atoms with Crippen molar-refractivity contribution in [2.24, 2.45) is 0 Å². The molecule has 0 aromatic rings. The second kappa shape index (κ2) is 6.04. The van der Waals surface area contributed by atoms with E-state index in [0.717, 1.165) is 12.5 Å². The van der Waals surface area contributed by atoms with Gasteiger partial charge in [0, 0.05) is 12.5 Å². The van der Waals surface area contributed by atoms with E-state index in [4.69, 9.17) is 4.74 Å². The van der Waals surface area contributed by atoms with Crippen molar-refractivity contribution in [3.63, 3.8) is 0 Å². The largest absolute Gasteiger partial charge is 0.443 e. The Hall–Kier alpha value is -1.49. The minimum absolute atomic E-state index is 0.445. The summed E-state index contributed by atoms with van der Waals surface area (Å²) in [5.41, 5.74) is -0.728. The predicted octanol–water partition coefficient (Wildman–Crippen LogP) is 2.46. The standard InChI is InChI=1S/C12H16O2/c1-5-8-10-12(4,9-6-2)14-11(13)7-3/h5,7H,1,3,8,10H2,2,4H3. The van der Waals surface area contributed by atoms with E-state index in [9.17, 15) is 4.79 Å². The van der Waals surface area contributed by atoms with Gasteiger partial charge in [-0.25, -0.2) is 4.79 Å². The fourth-order valence-corrected chi connectivity index (χ4v) is 1.04. The van der Waals surface area contributed by atoms with E-state index in [2.05, 4.69) is 25.0 Å². The zero-order valence-corrected chi connectivity index (χ0v) is 8.80.